The third kappa shape index (κ3) is 5.10. The maximum atomic E-state index is 10.8. The molecule has 0 aromatic heterocycles. The van der Waals surface area contributed by atoms with E-state index in [0.717, 1.165) is 24.8 Å². The van der Waals surface area contributed by atoms with Crippen LogP contribution in [0.25, 0.3) is 0 Å². The summed E-state index contributed by atoms with van der Waals surface area (Å²) in [6, 6.07) is 6.29. The molecule has 90 valence electrons. The van der Waals surface area contributed by atoms with Gasteiger partial charge in [0, 0.05) is 0 Å². The average molecular weight is 264 g/mol. The molecule has 1 aromatic rings. The standard InChI is InChI=1S/C12H18O3S.Na/c1-3-5-10(4-2)11-6-8-12(9-7-11)16(13,14)15;/h6-10H,3-5H2,1-2H3,(H,13,14,15);/q;+1/p-1. The van der Waals surface area contributed by atoms with Crippen LogP contribution < -0.4 is 29.6 Å². The van der Waals surface area contributed by atoms with E-state index in [1.165, 1.54) is 12.1 Å². The van der Waals surface area contributed by atoms with Crippen LogP contribution in [0.1, 0.15) is 44.6 Å². The summed E-state index contributed by atoms with van der Waals surface area (Å²) in [6.07, 6.45) is 3.21. The second-order valence-electron chi connectivity index (χ2n) is 3.92. The van der Waals surface area contributed by atoms with E-state index in [9.17, 15) is 13.0 Å². The first-order chi connectivity index (χ1) is 7.49. The van der Waals surface area contributed by atoms with Crippen molar-refractivity contribution >= 4 is 10.1 Å². The molecule has 0 spiro atoms. The Morgan fingerprint density at radius 1 is 1.18 bits per heavy atom. The molecule has 0 radical (unpaired) electrons. The Morgan fingerprint density at radius 3 is 2.06 bits per heavy atom. The Kier molecular flexibility index (Phi) is 7.60. The van der Waals surface area contributed by atoms with Crippen LogP contribution in [0.4, 0.5) is 0 Å². The van der Waals surface area contributed by atoms with E-state index in [0.29, 0.717) is 5.92 Å². The second-order valence-corrected chi connectivity index (χ2v) is 5.30. The minimum atomic E-state index is -4.31. The van der Waals surface area contributed by atoms with Crippen LogP contribution in [0.3, 0.4) is 0 Å². The number of benzene rings is 1. The molecule has 0 N–H and O–H groups in total. The zero-order valence-electron chi connectivity index (χ0n) is 10.6. The van der Waals surface area contributed by atoms with Crippen LogP contribution in [0.2, 0.25) is 0 Å². The number of rotatable bonds is 5. The molecule has 1 unspecified atom stereocenters. The summed E-state index contributed by atoms with van der Waals surface area (Å²) in [5.74, 6) is 0.452. The van der Waals surface area contributed by atoms with Gasteiger partial charge in [0.1, 0.15) is 10.1 Å². The molecule has 1 atom stereocenters. The smallest absolute Gasteiger partial charge is 0.744 e. The quantitative estimate of drug-likeness (QED) is 0.551. The SMILES string of the molecule is CCCC(CC)c1ccc(S(=O)(=O)[O-])cc1.[Na+]. The van der Waals surface area contributed by atoms with Gasteiger partial charge in [-0.2, -0.15) is 0 Å². The predicted molar refractivity (Wildman–Crippen MR) is 62.3 cm³/mol. The van der Waals surface area contributed by atoms with Gasteiger partial charge in [-0.05, 0) is 36.5 Å². The van der Waals surface area contributed by atoms with E-state index >= 15 is 0 Å². The zero-order chi connectivity index (χ0) is 12.2. The predicted octanol–water partition coefficient (Wildman–Crippen LogP) is -0.112. The third-order valence-corrected chi connectivity index (χ3v) is 3.62. The van der Waals surface area contributed by atoms with Crippen LogP contribution in [-0.2, 0) is 10.1 Å². The topological polar surface area (TPSA) is 57.2 Å². The molecule has 0 heterocycles. The van der Waals surface area contributed by atoms with Crippen molar-refractivity contribution in [1.29, 1.82) is 0 Å². The molecule has 0 amide bonds. The van der Waals surface area contributed by atoms with Gasteiger partial charge in [-0.3, -0.25) is 0 Å². The molecular formula is C12H17NaO3S. The molecule has 0 saturated heterocycles. The second kappa shape index (κ2) is 7.54. The van der Waals surface area contributed by atoms with Crippen LogP contribution >= 0.6 is 0 Å². The zero-order valence-corrected chi connectivity index (χ0v) is 13.5. The van der Waals surface area contributed by atoms with Crippen molar-refractivity contribution in [3.05, 3.63) is 29.8 Å². The van der Waals surface area contributed by atoms with Gasteiger partial charge in [0.05, 0.1) is 4.90 Å². The molecule has 0 fully saturated rings. The third-order valence-electron chi connectivity index (χ3n) is 2.77. The summed E-state index contributed by atoms with van der Waals surface area (Å²) < 4.78 is 32.3. The van der Waals surface area contributed by atoms with Crippen LogP contribution in [0, 0.1) is 0 Å². The summed E-state index contributed by atoms with van der Waals surface area (Å²) >= 11 is 0. The van der Waals surface area contributed by atoms with Crippen LogP contribution in [0.15, 0.2) is 29.2 Å². The fraction of sp³-hybridized carbons (Fsp3) is 0.500. The molecule has 0 aliphatic heterocycles. The first-order valence-corrected chi connectivity index (χ1v) is 6.95. The minimum Gasteiger partial charge on any atom is -0.744 e. The normalized spacial score (nSPS) is 12.9. The Bertz CT molecular complexity index is 426. The van der Waals surface area contributed by atoms with Crippen LogP contribution in [0.5, 0.6) is 0 Å². The molecule has 0 bridgehead atoms. The van der Waals surface area contributed by atoms with Crippen molar-refractivity contribution in [2.45, 2.75) is 43.9 Å². The number of hydrogen-bond acceptors (Lipinski definition) is 3. The Morgan fingerprint density at radius 2 is 1.71 bits per heavy atom. The molecule has 0 aliphatic carbocycles. The van der Waals surface area contributed by atoms with Crippen LogP contribution in [-0.4, -0.2) is 13.0 Å². The van der Waals surface area contributed by atoms with E-state index in [1.807, 2.05) is 0 Å². The summed E-state index contributed by atoms with van der Waals surface area (Å²) in [5.41, 5.74) is 1.11. The monoisotopic (exact) mass is 264 g/mol. The van der Waals surface area contributed by atoms with Gasteiger partial charge in [-0.1, -0.05) is 32.4 Å². The fourth-order valence-electron chi connectivity index (χ4n) is 1.86. The van der Waals surface area contributed by atoms with Gasteiger partial charge >= 0.3 is 29.6 Å². The summed E-state index contributed by atoms with van der Waals surface area (Å²) in [5, 5.41) is 0. The minimum absolute atomic E-state index is 0. The first-order valence-electron chi connectivity index (χ1n) is 5.54. The van der Waals surface area contributed by atoms with E-state index in [4.69, 9.17) is 0 Å². The van der Waals surface area contributed by atoms with Crippen molar-refractivity contribution in [3.63, 3.8) is 0 Å². The van der Waals surface area contributed by atoms with E-state index in [2.05, 4.69) is 13.8 Å². The molecule has 5 heteroatoms. The van der Waals surface area contributed by atoms with Crippen molar-refractivity contribution in [1.82, 2.24) is 0 Å². The maximum absolute atomic E-state index is 10.8. The van der Waals surface area contributed by atoms with Crippen molar-refractivity contribution in [2.24, 2.45) is 0 Å². The Labute approximate surface area is 126 Å². The molecular weight excluding hydrogens is 247 g/mol. The van der Waals surface area contributed by atoms with E-state index in [-0.39, 0.29) is 34.5 Å². The van der Waals surface area contributed by atoms with Gasteiger partial charge in [0.2, 0.25) is 0 Å². The van der Waals surface area contributed by atoms with Gasteiger partial charge in [-0.15, -0.1) is 0 Å². The Hall–Kier alpha value is 0.130. The summed E-state index contributed by atoms with van der Waals surface area (Å²) in [4.78, 5) is -0.150. The number of hydrogen-bond donors (Lipinski definition) is 0. The molecule has 3 nitrogen and oxygen atoms in total. The largest absolute Gasteiger partial charge is 1.00 e. The van der Waals surface area contributed by atoms with Crippen molar-refractivity contribution in [3.8, 4) is 0 Å². The first kappa shape index (κ1) is 17.1. The fourth-order valence-corrected chi connectivity index (χ4v) is 2.33. The summed E-state index contributed by atoms with van der Waals surface area (Å²) in [7, 11) is -4.31. The van der Waals surface area contributed by atoms with Gasteiger partial charge in [-0.25, -0.2) is 8.42 Å². The molecule has 1 aromatic carbocycles. The average Bonchev–Trinajstić information content (AvgIpc) is 2.25. The van der Waals surface area contributed by atoms with Gasteiger partial charge < -0.3 is 4.55 Å². The molecule has 17 heavy (non-hydrogen) atoms. The maximum Gasteiger partial charge on any atom is 1.00 e. The van der Waals surface area contributed by atoms with Gasteiger partial charge in [0.15, 0.2) is 0 Å². The van der Waals surface area contributed by atoms with Crippen molar-refractivity contribution in [2.75, 3.05) is 0 Å². The molecule has 1 rings (SSSR count). The Balaban J connectivity index is 0.00000256. The summed E-state index contributed by atoms with van der Waals surface area (Å²) in [6.45, 7) is 4.23. The van der Waals surface area contributed by atoms with E-state index in [1.54, 1.807) is 12.1 Å². The van der Waals surface area contributed by atoms with E-state index < -0.39 is 10.1 Å². The van der Waals surface area contributed by atoms with Gasteiger partial charge in [0.25, 0.3) is 0 Å². The molecule has 0 aliphatic rings. The molecule has 0 saturated carbocycles. The van der Waals surface area contributed by atoms with Crippen molar-refractivity contribution < 1.29 is 42.5 Å².